The van der Waals surface area contributed by atoms with Gasteiger partial charge in [0, 0.05) is 18.0 Å². The molecule has 1 aromatic rings. The first-order valence-corrected chi connectivity index (χ1v) is 6.14. The molecule has 0 saturated heterocycles. The minimum Gasteiger partial charge on any atom is -0.468 e. The van der Waals surface area contributed by atoms with Gasteiger partial charge in [-0.15, -0.1) is 11.3 Å². The van der Waals surface area contributed by atoms with Gasteiger partial charge in [-0.05, 0) is 6.42 Å². The lowest BCUT2D eigenvalue weighted by Gasteiger charge is -2.18. The van der Waals surface area contributed by atoms with Gasteiger partial charge in [0.15, 0.2) is 0 Å². The molecule has 1 amide bonds. The van der Waals surface area contributed by atoms with Crippen molar-refractivity contribution in [1.29, 1.82) is 0 Å². The average Bonchev–Trinajstić information content (AvgIpc) is 2.75. The number of rotatable bonds is 5. The fraction of sp³-hybridized carbons (Fsp3) is 0.545. The van der Waals surface area contributed by atoms with Gasteiger partial charge in [0.05, 0.1) is 18.7 Å². The van der Waals surface area contributed by atoms with E-state index in [0.717, 1.165) is 16.3 Å². The number of thiazole rings is 1. The van der Waals surface area contributed by atoms with E-state index in [4.69, 9.17) is 0 Å². The van der Waals surface area contributed by atoms with Crippen LogP contribution in [-0.2, 0) is 27.3 Å². The summed E-state index contributed by atoms with van der Waals surface area (Å²) in [5.74, 6) is -0.567. The topological polar surface area (TPSA) is 59.5 Å². The minimum atomic E-state index is -0.416. The van der Waals surface area contributed by atoms with Crippen molar-refractivity contribution in [2.24, 2.45) is 0 Å². The molecule has 0 radical (unpaired) electrons. The zero-order valence-electron chi connectivity index (χ0n) is 10.2. The Kier molecular flexibility index (Phi) is 5.09. The number of esters is 1. The lowest BCUT2D eigenvalue weighted by molar-refractivity contribution is -0.146. The summed E-state index contributed by atoms with van der Waals surface area (Å²) in [6.07, 6.45) is 2.62. The first-order valence-electron chi connectivity index (χ1n) is 5.32. The van der Waals surface area contributed by atoms with Crippen molar-refractivity contribution in [3.63, 3.8) is 0 Å². The van der Waals surface area contributed by atoms with Crippen LogP contribution in [-0.4, -0.2) is 35.4 Å². The third-order valence-electron chi connectivity index (χ3n) is 2.24. The van der Waals surface area contributed by atoms with Gasteiger partial charge in [-0.2, -0.15) is 0 Å². The average molecular weight is 256 g/mol. The summed E-state index contributed by atoms with van der Waals surface area (Å²) in [6.45, 7) is 3.85. The Labute approximate surface area is 104 Å². The molecule has 17 heavy (non-hydrogen) atoms. The van der Waals surface area contributed by atoms with Crippen LogP contribution in [0.5, 0.6) is 0 Å². The van der Waals surface area contributed by atoms with Crippen molar-refractivity contribution in [3.8, 4) is 0 Å². The number of amides is 1. The highest BCUT2D eigenvalue weighted by atomic mass is 32.1. The number of carbonyl (C=O) groups excluding carboxylic acids is 2. The second kappa shape index (κ2) is 6.34. The van der Waals surface area contributed by atoms with Gasteiger partial charge >= 0.3 is 5.97 Å². The van der Waals surface area contributed by atoms with E-state index in [1.807, 2.05) is 6.92 Å². The summed E-state index contributed by atoms with van der Waals surface area (Å²) >= 11 is 1.56. The van der Waals surface area contributed by atoms with Gasteiger partial charge in [0.1, 0.15) is 6.54 Å². The van der Waals surface area contributed by atoms with Crippen LogP contribution in [0, 0.1) is 0 Å². The number of ether oxygens (including phenoxy) is 1. The number of aromatic nitrogens is 1. The largest absolute Gasteiger partial charge is 0.468 e. The molecule has 1 heterocycles. The molecule has 94 valence electrons. The van der Waals surface area contributed by atoms with E-state index < -0.39 is 5.97 Å². The number of hydrogen-bond donors (Lipinski definition) is 0. The second-order valence-corrected chi connectivity index (χ2v) is 4.72. The number of hydrogen-bond acceptors (Lipinski definition) is 5. The van der Waals surface area contributed by atoms with E-state index in [9.17, 15) is 9.59 Å². The quantitative estimate of drug-likeness (QED) is 0.743. The molecule has 0 atom stereocenters. The molecule has 1 aromatic heterocycles. The number of methoxy groups -OCH3 is 1. The van der Waals surface area contributed by atoms with E-state index in [-0.39, 0.29) is 12.5 Å². The standard InChI is InChI=1S/C11H16N2O3S/c1-4-10-12-5-9(17-10)6-13(8(2)14)7-11(15)16-3/h5H,4,6-7H2,1-3H3. The molecule has 0 N–H and O–H groups in total. The lowest BCUT2D eigenvalue weighted by atomic mass is 10.4. The Morgan fingerprint density at radius 3 is 2.71 bits per heavy atom. The lowest BCUT2D eigenvalue weighted by Crippen LogP contribution is -2.33. The number of nitrogens with zero attached hydrogens (tertiary/aromatic N) is 2. The fourth-order valence-electron chi connectivity index (χ4n) is 1.27. The molecule has 0 aliphatic rings. The number of carbonyl (C=O) groups is 2. The van der Waals surface area contributed by atoms with E-state index in [1.165, 1.54) is 18.9 Å². The summed E-state index contributed by atoms with van der Waals surface area (Å²) in [5, 5.41) is 1.03. The van der Waals surface area contributed by atoms with Crippen LogP contribution in [0.3, 0.4) is 0 Å². The summed E-state index contributed by atoms with van der Waals surface area (Å²) in [6, 6.07) is 0. The zero-order chi connectivity index (χ0) is 12.8. The molecule has 0 aliphatic carbocycles. The third-order valence-corrected chi connectivity index (χ3v) is 3.37. The Balaban J connectivity index is 2.66. The minimum absolute atomic E-state index is 0.0226. The second-order valence-electron chi connectivity index (χ2n) is 3.53. The SMILES string of the molecule is CCc1ncc(CN(CC(=O)OC)C(C)=O)s1. The van der Waals surface area contributed by atoms with Crippen molar-refractivity contribution in [2.45, 2.75) is 26.8 Å². The molecule has 0 saturated carbocycles. The van der Waals surface area contributed by atoms with Gasteiger partial charge < -0.3 is 9.64 Å². The highest BCUT2D eigenvalue weighted by Gasteiger charge is 2.15. The zero-order valence-corrected chi connectivity index (χ0v) is 11.0. The summed E-state index contributed by atoms with van der Waals surface area (Å²) < 4.78 is 4.55. The first-order chi connectivity index (χ1) is 8.06. The molecule has 0 aromatic carbocycles. The van der Waals surface area contributed by atoms with Crippen molar-refractivity contribution in [3.05, 3.63) is 16.1 Å². The van der Waals surface area contributed by atoms with Gasteiger partial charge in [-0.3, -0.25) is 9.59 Å². The van der Waals surface area contributed by atoms with Gasteiger partial charge in [0.2, 0.25) is 5.91 Å². The van der Waals surface area contributed by atoms with Crippen molar-refractivity contribution in [2.75, 3.05) is 13.7 Å². The summed E-state index contributed by atoms with van der Waals surface area (Å²) in [7, 11) is 1.31. The molecule has 0 spiro atoms. The van der Waals surface area contributed by atoms with E-state index in [2.05, 4.69) is 9.72 Å². The molecule has 0 unspecified atom stereocenters. The number of aryl methyl sites for hydroxylation is 1. The molecule has 0 bridgehead atoms. The Hall–Kier alpha value is -1.43. The van der Waals surface area contributed by atoms with Crippen LogP contribution in [0.25, 0.3) is 0 Å². The summed E-state index contributed by atoms with van der Waals surface area (Å²) in [5.41, 5.74) is 0. The highest BCUT2D eigenvalue weighted by Crippen LogP contribution is 2.15. The van der Waals surface area contributed by atoms with Crippen LogP contribution in [0.15, 0.2) is 6.20 Å². The predicted molar refractivity (Wildman–Crippen MR) is 64.6 cm³/mol. The summed E-state index contributed by atoms with van der Waals surface area (Å²) in [4.78, 5) is 29.2. The third kappa shape index (κ3) is 4.14. The Morgan fingerprint density at radius 1 is 1.53 bits per heavy atom. The molecule has 6 heteroatoms. The van der Waals surface area contributed by atoms with Gasteiger partial charge in [-0.25, -0.2) is 4.98 Å². The van der Waals surface area contributed by atoms with Crippen LogP contribution >= 0.6 is 11.3 Å². The maximum atomic E-state index is 11.4. The van der Waals surface area contributed by atoms with Crippen LogP contribution in [0.2, 0.25) is 0 Å². The van der Waals surface area contributed by atoms with Crippen LogP contribution in [0.4, 0.5) is 0 Å². The van der Waals surface area contributed by atoms with Crippen LogP contribution in [0.1, 0.15) is 23.7 Å². The van der Waals surface area contributed by atoms with Crippen molar-refractivity contribution in [1.82, 2.24) is 9.88 Å². The molecule has 1 rings (SSSR count). The monoisotopic (exact) mass is 256 g/mol. The molecule has 0 fully saturated rings. The maximum absolute atomic E-state index is 11.4. The van der Waals surface area contributed by atoms with Crippen molar-refractivity contribution < 1.29 is 14.3 Å². The van der Waals surface area contributed by atoms with E-state index in [1.54, 1.807) is 17.5 Å². The Bertz CT molecular complexity index is 403. The Morgan fingerprint density at radius 2 is 2.24 bits per heavy atom. The normalized spacial score (nSPS) is 10.1. The van der Waals surface area contributed by atoms with E-state index in [0.29, 0.717) is 6.54 Å². The first kappa shape index (κ1) is 13.6. The molecular weight excluding hydrogens is 240 g/mol. The van der Waals surface area contributed by atoms with Gasteiger partial charge in [-0.1, -0.05) is 6.92 Å². The highest BCUT2D eigenvalue weighted by molar-refractivity contribution is 7.11. The van der Waals surface area contributed by atoms with E-state index >= 15 is 0 Å². The molecule has 0 aliphatic heterocycles. The van der Waals surface area contributed by atoms with Crippen molar-refractivity contribution >= 4 is 23.2 Å². The predicted octanol–water partition coefficient (Wildman–Crippen LogP) is 1.23. The van der Waals surface area contributed by atoms with Crippen LogP contribution < -0.4 is 0 Å². The molecular formula is C11H16N2O3S. The smallest absolute Gasteiger partial charge is 0.325 e. The van der Waals surface area contributed by atoms with Gasteiger partial charge in [0.25, 0.3) is 0 Å². The maximum Gasteiger partial charge on any atom is 0.325 e. The molecule has 5 nitrogen and oxygen atoms in total. The fourth-order valence-corrected chi connectivity index (χ4v) is 2.15.